The molecule has 1 aromatic heterocycles. The summed E-state index contributed by atoms with van der Waals surface area (Å²) in [5.41, 5.74) is 2.33. The Hall–Kier alpha value is -2.43. The zero-order valence-corrected chi connectivity index (χ0v) is 10.8. The Morgan fingerprint density at radius 1 is 1.32 bits per heavy atom. The van der Waals surface area contributed by atoms with E-state index >= 15 is 0 Å². The molecule has 5 heteroatoms. The molecule has 0 saturated carbocycles. The molecule has 0 saturated heterocycles. The minimum atomic E-state index is -1.04. The molecule has 0 aliphatic rings. The molecule has 0 amide bonds. The number of aryl methyl sites for hydroxylation is 1. The summed E-state index contributed by atoms with van der Waals surface area (Å²) in [5.74, 6) is -0.713. The number of hydrogen-bond acceptors (Lipinski definition) is 4. The largest absolute Gasteiger partial charge is 0.477 e. The van der Waals surface area contributed by atoms with Crippen LogP contribution in [-0.2, 0) is 0 Å². The molecule has 5 nitrogen and oxygen atoms in total. The summed E-state index contributed by atoms with van der Waals surface area (Å²) >= 11 is 0. The predicted molar refractivity (Wildman–Crippen MR) is 72.2 cm³/mol. The van der Waals surface area contributed by atoms with Crippen LogP contribution in [-0.4, -0.2) is 21.0 Å². The fourth-order valence-corrected chi connectivity index (χ4v) is 1.74. The van der Waals surface area contributed by atoms with Crippen LogP contribution in [0.1, 0.15) is 34.5 Å². The number of anilines is 1. The number of aromatic nitrogens is 2. The van der Waals surface area contributed by atoms with Gasteiger partial charge in [-0.05, 0) is 19.4 Å². The molecule has 1 aromatic carbocycles. The van der Waals surface area contributed by atoms with Crippen LogP contribution in [0, 0.1) is 6.92 Å². The van der Waals surface area contributed by atoms with Crippen molar-refractivity contribution >= 4 is 11.8 Å². The van der Waals surface area contributed by atoms with Crippen molar-refractivity contribution in [3.05, 3.63) is 53.5 Å². The summed E-state index contributed by atoms with van der Waals surface area (Å²) < 4.78 is 0. The Bertz CT molecular complexity index is 581. The van der Waals surface area contributed by atoms with E-state index in [4.69, 9.17) is 5.11 Å². The number of carboxylic acids is 1. The highest BCUT2D eigenvalue weighted by molar-refractivity contribution is 5.92. The van der Waals surface area contributed by atoms with Crippen molar-refractivity contribution in [2.24, 2.45) is 0 Å². The molecule has 2 rings (SSSR count). The quantitative estimate of drug-likeness (QED) is 0.880. The van der Waals surface area contributed by atoms with Gasteiger partial charge in [0.15, 0.2) is 0 Å². The minimum Gasteiger partial charge on any atom is -0.477 e. The van der Waals surface area contributed by atoms with E-state index in [2.05, 4.69) is 15.3 Å². The minimum absolute atomic E-state index is 0.0337. The first kappa shape index (κ1) is 13.0. The fraction of sp³-hybridized carbons (Fsp3) is 0.214. The third kappa shape index (κ3) is 3.07. The number of rotatable bonds is 4. The molecule has 19 heavy (non-hydrogen) atoms. The van der Waals surface area contributed by atoms with Gasteiger partial charge in [-0.3, -0.25) is 0 Å². The second-order valence-corrected chi connectivity index (χ2v) is 4.37. The Morgan fingerprint density at radius 3 is 2.63 bits per heavy atom. The average molecular weight is 257 g/mol. The predicted octanol–water partition coefficient (Wildman–Crippen LogP) is 2.66. The van der Waals surface area contributed by atoms with Gasteiger partial charge in [-0.1, -0.05) is 29.8 Å². The zero-order valence-electron chi connectivity index (χ0n) is 10.8. The summed E-state index contributed by atoms with van der Waals surface area (Å²) in [7, 11) is 0. The van der Waals surface area contributed by atoms with Crippen LogP contribution in [0.15, 0.2) is 36.8 Å². The zero-order chi connectivity index (χ0) is 13.8. The third-order valence-electron chi connectivity index (χ3n) is 2.87. The van der Waals surface area contributed by atoms with Crippen LogP contribution in [0.3, 0.4) is 0 Å². The smallest absolute Gasteiger partial charge is 0.341 e. The topological polar surface area (TPSA) is 75.1 Å². The first-order valence-corrected chi connectivity index (χ1v) is 5.94. The number of nitrogens with one attached hydrogen (secondary N) is 1. The number of aromatic carboxylic acids is 1. The van der Waals surface area contributed by atoms with Crippen LogP contribution in [0.25, 0.3) is 0 Å². The van der Waals surface area contributed by atoms with E-state index in [0.29, 0.717) is 5.82 Å². The van der Waals surface area contributed by atoms with Gasteiger partial charge in [0.1, 0.15) is 17.7 Å². The number of carbonyl (C=O) groups is 1. The molecule has 0 fully saturated rings. The van der Waals surface area contributed by atoms with E-state index in [0.717, 1.165) is 5.56 Å². The summed E-state index contributed by atoms with van der Waals surface area (Å²) in [6.07, 6.45) is 2.62. The van der Waals surface area contributed by atoms with E-state index in [9.17, 15) is 4.79 Å². The van der Waals surface area contributed by atoms with Gasteiger partial charge in [0, 0.05) is 12.2 Å². The van der Waals surface area contributed by atoms with E-state index in [1.165, 1.54) is 18.1 Å². The fourth-order valence-electron chi connectivity index (χ4n) is 1.74. The van der Waals surface area contributed by atoms with Gasteiger partial charge in [-0.25, -0.2) is 14.8 Å². The highest BCUT2D eigenvalue weighted by atomic mass is 16.4. The lowest BCUT2D eigenvalue weighted by Crippen LogP contribution is -2.12. The monoisotopic (exact) mass is 257 g/mol. The maximum atomic E-state index is 11.1. The number of hydrogen-bond donors (Lipinski definition) is 2. The average Bonchev–Trinajstić information content (AvgIpc) is 2.39. The molecule has 98 valence electrons. The maximum Gasteiger partial charge on any atom is 0.341 e. The Balaban J connectivity index is 2.21. The number of nitrogens with zero attached hydrogens (tertiary/aromatic N) is 2. The van der Waals surface area contributed by atoms with Gasteiger partial charge in [-0.2, -0.15) is 0 Å². The Morgan fingerprint density at radius 2 is 2.00 bits per heavy atom. The van der Waals surface area contributed by atoms with Crippen molar-refractivity contribution in [3.63, 3.8) is 0 Å². The molecular formula is C14H15N3O2. The Labute approximate surface area is 111 Å². The van der Waals surface area contributed by atoms with E-state index < -0.39 is 5.97 Å². The molecule has 1 unspecified atom stereocenters. The van der Waals surface area contributed by atoms with E-state index in [-0.39, 0.29) is 11.6 Å². The highest BCUT2D eigenvalue weighted by Gasteiger charge is 2.14. The molecule has 0 aliphatic carbocycles. The van der Waals surface area contributed by atoms with Gasteiger partial charge < -0.3 is 10.4 Å². The molecule has 2 aromatic rings. The maximum absolute atomic E-state index is 11.1. The summed E-state index contributed by atoms with van der Waals surface area (Å²) in [4.78, 5) is 18.8. The van der Waals surface area contributed by atoms with Gasteiger partial charge in [0.05, 0.1) is 0 Å². The Kier molecular flexibility index (Phi) is 3.75. The second kappa shape index (κ2) is 5.48. The van der Waals surface area contributed by atoms with Crippen molar-refractivity contribution in [2.45, 2.75) is 19.9 Å². The molecule has 0 radical (unpaired) electrons. The number of carboxylic acid groups (broad SMARTS) is 1. The third-order valence-corrected chi connectivity index (χ3v) is 2.87. The van der Waals surface area contributed by atoms with Crippen LogP contribution in [0.5, 0.6) is 0 Å². The first-order valence-electron chi connectivity index (χ1n) is 5.94. The molecular weight excluding hydrogens is 242 g/mol. The summed E-state index contributed by atoms with van der Waals surface area (Å²) in [6.45, 7) is 3.98. The van der Waals surface area contributed by atoms with Gasteiger partial charge in [0.25, 0.3) is 0 Å². The van der Waals surface area contributed by atoms with Crippen molar-refractivity contribution < 1.29 is 9.90 Å². The molecule has 1 heterocycles. The summed E-state index contributed by atoms with van der Waals surface area (Å²) in [6, 6.07) is 8.02. The lowest BCUT2D eigenvalue weighted by molar-refractivity contribution is 0.0697. The van der Waals surface area contributed by atoms with Crippen LogP contribution in [0.2, 0.25) is 0 Å². The van der Waals surface area contributed by atoms with Crippen molar-refractivity contribution in [2.75, 3.05) is 5.32 Å². The number of benzene rings is 1. The van der Waals surface area contributed by atoms with Crippen molar-refractivity contribution in [1.82, 2.24) is 9.97 Å². The molecule has 0 bridgehead atoms. The second-order valence-electron chi connectivity index (χ2n) is 4.37. The molecule has 0 spiro atoms. The SMILES string of the molecule is Cc1ccc(C(C)Nc2ncncc2C(=O)O)cc1. The molecule has 2 N–H and O–H groups in total. The van der Waals surface area contributed by atoms with Crippen molar-refractivity contribution in [1.29, 1.82) is 0 Å². The lowest BCUT2D eigenvalue weighted by atomic mass is 10.1. The summed E-state index contributed by atoms with van der Waals surface area (Å²) in [5, 5.41) is 12.2. The van der Waals surface area contributed by atoms with E-state index in [1.807, 2.05) is 38.1 Å². The normalized spacial score (nSPS) is 11.9. The van der Waals surface area contributed by atoms with Crippen molar-refractivity contribution in [3.8, 4) is 0 Å². The van der Waals surface area contributed by atoms with E-state index in [1.54, 1.807) is 0 Å². The van der Waals surface area contributed by atoms with Gasteiger partial charge in [0.2, 0.25) is 0 Å². The molecule has 1 atom stereocenters. The van der Waals surface area contributed by atoms with Crippen LogP contribution < -0.4 is 5.32 Å². The van der Waals surface area contributed by atoms with Crippen LogP contribution >= 0.6 is 0 Å². The van der Waals surface area contributed by atoms with Crippen LogP contribution in [0.4, 0.5) is 5.82 Å². The highest BCUT2D eigenvalue weighted by Crippen LogP contribution is 2.20. The first-order chi connectivity index (χ1) is 9.08. The molecule has 0 aliphatic heterocycles. The van der Waals surface area contributed by atoms with Gasteiger partial charge in [-0.15, -0.1) is 0 Å². The standard InChI is InChI=1S/C14H15N3O2/c1-9-3-5-11(6-4-9)10(2)17-13-12(14(18)19)7-15-8-16-13/h3-8,10H,1-2H3,(H,18,19)(H,15,16,17). The lowest BCUT2D eigenvalue weighted by Gasteiger charge is -2.16. The van der Waals surface area contributed by atoms with Gasteiger partial charge >= 0.3 is 5.97 Å².